The van der Waals surface area contributed by atoms with Gasteiger partial charge in [0.15, 0.2) is 0 Å². The van der Waals surface area contributed by atoms with E-state index in [0.717, 1.165) is 6.42 Å². The van der Waals surface area contributed by atoms with Crippen LogP contribution in [0, 0.1) is 11.3 Å². The molecule has 2 heteroatoms. The zero-order valence-corrected chi connectivity index (χ0v) is 9.65. The highest BCUT2D eigenvalue weighted by molar-refractivity contribution is 5.47. The summed E-state index contributed by atoms with van der Waals surface area (Å²) in [6, 6.07) is 10.9. The molecule has 0 N–H and O–H groups in total. The van der Waals surface area contributed by atoms with Crippen LogP contribution in [-0.2, 0) is 6.42 Å². The van der Waals surface area contributed by atoms with Crippen LogP contribution in [0.1, 0.15) is 31.2 Å². The van der Waals surface area contributed by atoms with Crippen LogP contribution in [0.2, 0.25) is 0 Å². The first-order valence-electron chi connectivity index (χ1n) is 6.11. The lowest BCUT2D eigenvalue weighted by Gasteiger charge is -2.28. The summed E-state index contributed by atoms with van der Waals surface area (Å²) >= 11 is 0. The fraction of sp³-hybridized carbons (Fsp3) is 0.500. The van der Waals surface area contributed by atoms with E-state index >= 15 is 0 Å². The van der Waals surface area contributed by atoms with Crippen LogP contribution in [0.25, 0.3) is 0 Å². The Morgan fingerprint density at radius 1 is 1.06 bits per heavy atom. The molecule has 0 bridgehead atoms. The molecule has 0 saturated carbocycles. The number of hydrogen-bond acceptors (Lipinski definition) is 2. The third kappa shape index (κ3) is 2.76. The minimum absolute atomic E-state index is 0.614. The van der Waals surface area contributed by atoms with Gasteiger partial charge in [0.05, 0.1) is 6.07 Å². The number of benzene rings is 1. The summed E-state index contributed by atoms with van der Waals surface area (Å²) in [6.07, 6.45) is 5.49. The van der Waals surface area contributed by atoms with Gasteiger partial charge < -0.3 is 4.90 Å². The van der Waals surface area contributed by atoms with E-state index in [9.17, 15) is 0 Å². The molecule has 0 aliphatic carbocycles. The predicted molar refractivity (Wildman–Crippen MR) is 66.4 cm³/mol. The smallest absolute Gasteiger partial charge is 0.0625 e. The Labute approximate surface area is 97.5 Å². The summed E-state index contributed by atoms with van der Waals surface area (Å²) in [7, 11) is 0. The average molecular weight is 214 g/mol. The first-order valence-corrected chi connectivity index (χ1v) is 6.11. The number of piperidine rings is 1. The first-order chi connectivity index (χ1) is 7.90. The number of aryl methyl sites for hydroxylation is 1. The molecule has 1 fully saturated rings. The van der Waals surface area contributed by atoms with Gasteiger partial charge in [0.1, 0.15) is 0 Å². The van der Waals surface area contributed by atoms with Crippen molar-refractivity contribution in [1.29, 1.82) is 5.26 Å². The van der Waals surface area contributed by atoms with Crippen LogP contribution >= 0.6 is 0 Å². The maximum absolute atomic E-state index is 8.53. The molecule has 1 heterocycles. The summed E-state index contributed by atoms with van der Waals surface area (Å²) in [5.41, 5.74) is 2.60. The number of nitrogens with zero attached hydrogens (tertiary/aromatic N) is 2. The van der Waals surface area contributed by atoms with Crippen molar-refractivity contribution in [2.75, 3.05) is 18.0 Å². The van der Waals surface area contributed by atoms with Crippen molar-refractivity contribution in [1.82, 2.24) is 0 Å². The Morgan fingerprint density at radius 2 is 1.75 bits per heavy atom. The fourth-order valence-corrected chi connectivity index (χ4v) is 2.23. The van der Waals surface area contributed by atoms with Gasteiger partial charge in [-0.1, -0.05) is 12.1 Å². The van der Waals surface area contributed by atoms with Gasteiger partial charge in [-0.3, -0.25) is 0 Å². The summed E-state index contributed by atoms with van der Waals surface area (Å²) < 4.78 is 0. The lowest BCUT2D eigenvalue weighted by molar-refractivity contribution is 0.578. The topological polar surface area (TPSA) is 27.0 Å². The summed E-state index contributed by atoms with van der Waals surface area (Å²) in [5, 5.41) is 8.53. The van der Waals surface area contributed by atoms with Gasteiger partial charge in [-0.05, 0) is 43.4 Å². The van der Waals surface area contributed by atoms with E-state index in [1.54, 1.807) is 0 Å². The Morgan fingerprint density at radius 3 is 2.38 bits per heavy atom. The maximum atomic E-state index is 8.53. The van der Waals surface area contributed by atoms with E-state index in [-0.39, 0.29) is 0 Å². The predicted octanol–water partition coefficient (Wildman–Crippen LogP) is 3.13. The maximum Gasteiger partial charge on any atom is 0.0625 e. The number of anilines is 1. The van der Waals surface area contributed by atoms with Crippen molar-refractivity contribution < 1.29 is 0 Å². The second-order valence-corrected chi connectivity index (χ2v) is 4.37. The summed E-state index contributed by atoms with van der Waals surface area (Å²) in [4.78, 5) is 2.46. The van der Waals surface area contributed by atoms with E-state index in [2.05, 4.69) is 35.2 Å². The molecule has 0 unspecified atom stereocenters. The van der Waals surface area contributed by atoms with Crippen molar-refractivity contribution >= 4 is 5.69 Å². The van der Waals surface area contributed by atoms with Gasteiger partial charge in [0, 0.05) is 25.2 Å². The minimum Gasteiger partial charge on any atom is -0.372 e. The van der Waals surface area contributed by atoms with Crippen molar-refractivity contribution in [2.24, 2.45) is 0 Å². The van der Waals surface area contributed by atoms with E-state index in [1.165, 1.54) is 43.6 Å². The molecule has 84 valence electrons. The minimum atomic E-state index is 0.614. The van der Waals surface area contributed by atoms with E-state index in [1.807, 2.05) is 0 Å². The van der Waals surface area contributed by atoms with Gasteiger partial charge in [0.2, 0.25) is 0 Å². The lowest BCUT2D eigenvalue weighted by Crippen LogP contribution is -2.29. The monoisotopic (exact) mass is 214 g/mol. The molecular weight excluding hydrogens is 196 g/mol. The fourth-order valence-electron chi connectivity index (χ4n) is 2.23. The zero-order chi connectivity index (χ0) is 11.2. The normalized spacial score (nSPS) is 15.8. The van der Waals surface area contributed by atoms with Gasteiger partial charge in [-0.15, -0.1) is 0 Å². The third-order valence-corrected chi connectivity index (χ3v) is 3.18. The molecule has 1 aromatic carbocycles. The number of hydrogen-bond donors (Lipinski definition) is 0. The summed E-state index contributed by atoms with van der Waals surface area (Å²) in [5.74, 6) is 0. The molecule has 1 saturated heterocycles. The second-order valence-electron chi connectivity index (χ2n) is 4.37. The van der Waals surface area contributed by atoms with E-state index < -0.39 is 0 Å². The number of nitriles is 1. The molecule has 0 radical (unpaired) electrons. The van der Waals surface area contributed by atoms with Crippen molar-refractivity contribution in [3.05, 3.63) is 29.8 Å². The molecule has 16 heavy (non-hydrogen) atoms. The van der Waals surface area contributed by atoms with Crippen molar-refractivity contribution in [3.8, 4) is 6.07 Å². The van der Waals surface area contributed by atoms with E-state index in [4.69, 9.17) is 5.26 Å². The highest BCUT2D eigenvalue weighted by atomic mass is 15.1. The second kappa shape index (κ2) is 5.55. The standard InChI is InChI=1S/C14H18N2/c15-10-4-5-13-6-8-14(9-7-13)16-11-2-1-3-12-16/h6-9H,1-5,11-12H2. The lowest BCUT2D eigenvalue weighted by atomic mass is 10.1. The zero-order valence-electron chi connectivity index (χ0n) is 9.65. The Bertz CT molecular complexity index is 355. The molecule has 1 aliphatic heterocycles. The van der Waals surface area contributed by atoms with Crippen LogP contribution in [-0.4, -0.2) is 13.1 Å². The van der Waals surface area contributed by atoms with Gasteiger partial charge in [-0.25, -0.2) is 0 Å². The van der Waals surface area contributed by atoms with Crippen molar-refractivity contribution in [3.63, 3.8) is 0 Å². The van der Waals surface area contributed by atoms with Crippen LogP contribution < -0.4 is 4.90 Å². The number of rotatable bonds is 3. The highest BCUT2D eigenvalue weighted by Gasteiger charge is 2.10. The molecule has 0 atom stereocenters. The molecule has 2 rings (SSSR count). The molecule has 0 amide bonds. The quantitative estimate of drug-likeness (QED) is 0.773. The Balaban J connectivity index is 1.98. The largest absolute Gasteiger partial charge is 0.372 e. The Kier molecular flexibility index (Phi) is 3.82. The van der Waals surface area contributed by atoms with Crippen LogP contribution in [0.4, 0.5) is 5.69 Å². The van der Waals surface area contributed by atoms with Crippen LogP contribution in [0.5, 0.6) is 0 Å². The Hall–Kier alpha value is -1.49. The van der Waals surface area contributed by atoms with E-state index in [0.29, 0.717) is 6.42 Å². The van der Waals surface area contributed by atoms with Crippen LogP contribution in [0.15, 0.2) is 24.3 Å². The van der Waals surface area contributed by atoms with Gasteiger partial charge >= 0.3 is 0 Å². The van der Waals surface area contributed by atoms with Gasteiger partial charge in [-0.2, -0.15) is 5.26 Å². The molecule has 0 spiro atoms. The molecule has 2 nitrogen and oxygen atoms in total. The van der Waals surface area contributed by atoms with Crippen molar-refractivity contribution in [2.45, 2.75) is 32.1 Å². The average Bonchev–Trinajstić information content (AvgIpc) is 2.38. The SMILES string of the molecule is N#CCCc1ccc(N2CCCCC2)cc1. The third-order valence-electron chi connectivity index (χ3n) is 3.18. The van der Waals surface area contributed by atoms with Gasteiger partial charge in [0.25, 0.3) is 0 Å². The first kappa shape index (κ1) is 11.0. The highest BCUT2D eigenvalue weighted by Crippen LogP contribution is 2.20. The molecule has 0 aromatic heterocycles. The van der Waals surface area contributed by atoms with Crippen LogP contribution in [0.3, 0.4) is 0 Å². The molecular formula is C14H18N2. The summed E-state index contributed by atoms with van der Waals surface area (Å²) in [6.45, 7) is 2.38. The molecule has 1 aromatic rings. The molecule has 1 aliphatic rings.